The van der Waals surface area contributed by atoms with Crippen LogP contribution in [0.2, 0.25) is 0 Å². The van der Waals surface area contributed by atoms with Gasteiger partial charge in [-0.1, -0.05) is 91.0 Å². The number of quaternary nitrogens is 1. The van der Waals surface area contributed by atoms with Gasteiger partial charge in [0.1, 0.15) is 0 Å². The highest BCUT2D eigenvalue weighted by Crippen LogP contribution is 2.48. The lowest BCUT2D eigenvalue weighted by atomic mass is 9.72. The minimum Gasteiger partial charge on any atom is -0.632 e. The van der Waals surface area contributed by atoms with E-state index >= 15 is 0 Å². The molecular formula is C26H29NO. The Bertz CT molecular complexity index is 852. The number of likely N-dealkylation sites (tertiary alicyclic amines) is 1. The normalized spacial score (nSPS) is 23.8. The summed E-state index contributed by atoms with van der Waals surface area (Å²) in [4.78, 5) is 0. The third-order valence-corrected chi connectivity index (χ3v) is 6.56. The van der Waals surface area contributed by atoms with Crippen molar-refractivity contribution in [1.82, 2.24) is 0 Å². The first-order valence-corrected chi connectivity index (χ1v) is 10.3. The quantitative estimate of drug-likeness (QED) is 0.416. The van der Waals surface area contributed by atoms with Gasteiger partial charge in [-0.2, -0.15) is 0 Å². The van der Waals surface area contributed by atoms with Crippen LogP contribution in [0.4, 0.5) is 0 Å². The molecule has 1 aliphatic heterocycles. The molecule has 2 atom stereocenters. The molecule has 0 N–H and O–H groups in total. The van der Waals surface area contributed by atoms with Gasteiger partial charge in [-0.25, -0.2) is 0 Å². The standard InChI is InChI=1S/C26H29NO/c1-21(2)27(28)20-26(23-14-8-4-9-15-23,24-16-10-5-11-17-24)19-25(27)18-22-12-6-3-7-13-22/h3-17,21,25H,18-20H2,1-2H3/t25-,27-/m1/s1. The van der Waals surface area contributed by atoms with Gasteiger partial charge < -0.3 is 9.85 Å². The van der Waals surface area contributed by atoms with Gasteiger partial charge in [0, 0.05) is 12.8 Å². The lowest BCUT2D eigenvalue weighted by Crippen LogP contribution is -2.53. The van der Waals surface area contributed by atoms with Crippen LogP contribution in [-0.2, 0) is 11.8 Å². The predicted molar refractivity (Wildman–Crippen MR) is 116 cm³/mol. The number of hydrogen-bond donors (Lipinski definition) is 0. The lowest BCUT2D eigenvalue weighted by Gasteiger charge is -2.49. The summed E-state index contributed by atoms with van der Waals surface area (Å²) in [6.07, 6.45) is 1.70. The second kappa shape index (κ2) is 7.54. The van der Waals surface area contributed by atoms with Crippen LogP contribution in [0.3, 0.4) is 0 Å². The molecule has 1 fully saturated rings. The van der Waals surface area contributed by atoms with Crippen molar-refractivity contribution in [3.63, 3.8) is 0 Å². The molecule has 1 heterocycles. The maximum absolute atomic E-state index is 14.2. The summed E-state index contributed by atoms with van der Waals surface area (Å²) in [6, 6.07) is 31.8. The highest BCUT2D eigenvalue weighted by Gasteiger charge is 2.53. The van der Waals surface area contributed by atoms with Crippen molar-refractivity contribution in [3.05, 3.63) is 113 Å². The van der Waals surface area contributed by atoms with E-state index in [1.54, 1.807) is 0 Å². The molecule has 2 nitrogen and oxygen atoms in total. The molecule has 0 aromatic heterocycles. The third-order valence-electron chi connectivity index (χ3n) is 6.56. The van der Waals surface area contributed by atoms with Crippen molar-refractivity contribution in [1.29, 1.82) is 0 Å². The second-order valence-corrected chi connectivity index (χ2v) is 8.47. The van der Waals surface area contributed by atoms with Crippen molar-refractivity contribution >= 4 is 0 Å². The zero-order chi connectivity index (χ0) is 19.6. The molecule has 144 valence electrons. The van der Waals surface area contributed by atoms with E-state index in [2.05, 4.69) is 98.8 Å². The van der Waals surface area contributed by atoms with Gasteiger partial charge in [-0.15, -0.1) is 0 Å². The maximum Gasteiger partial charge on any atom is 0.0944 e. The zero-order valence-corrected chi connectivity index (χ0v) is 16.8. The van der Waals surface area contributed by atoms with Gasteiger partial charge in [0.05, 0.1) is 24.0 Å². The van der Waals surface area contributed by atoms with E-state index in [4.69, 9.17) is 0 Å². The molecule has 0 unspecified atom stereocenters. The Kier molecular flexibility index (Phi) is 5.09. The summed E-state index contributed by atoms with van der Waals surface area (Å²) in [7, 11) is 0. The Morgan fingerprint density at radius 3 is 1.75 bits per heavy atom. The molecule has 28 heavy (non-hydrogen) atoms. The Morgan fingerprint density at radius 2 is 1.29 bits per heavy atom. The fraction of sp³-hybridized carbons (Fsp3) is 0.308. The van der Waals surface area contributed by atoms with Crippen LogP contribution in [0.1, 0.15) is 37.0 Å². The predicted octanol–water partition coefficient (Wildman–Crippen LogP) is 5.71. The molecule has 0 radical (unpaired) electrons. The van der Waals surface area contributed by atoms with Gasteiger partial charge in [-0.3, -0.25) is 0 Å². The zero-order valence-electron chi connectivity index (χ0n) is 16.8. The van der Waals surface area contributed by atoms with Crippen LogP contribution in [-0.4, -0.2) is 23.3 Å². The molecule has 0 aliphatic carbocycles. The lowest BCUT2D eigenvalue weighted by molar-refractivity contribution is -0.914. The summed E-state index contributed by atoms with van der Waals surface area (Å²) in [5, 5.41) is 14.2. The number of nitrogens with zero attached hydrogens (tertiary/aromatic N) is 1. The SMILES string of the molecule is CC(C)[N@+]1([O-])CC(c2ccccc2)(c2ccccc2)C[C@H]1Cc1ccccc1. The van der Waals surface area contributed by atoms with E-state index in [0.717, 1.165) is 12.8 Å². The smallest absolute Gasteiger partial charge is 0.0944 e. The van der Waals surface area contributed by atoms with E-state index in [1.165, 1.54) is 16.7 Å². The summed E-state index contributed by atoms with van der Waals surface area (Å²) in [6.45, 7) is 4.75. The molecule has 4 rings (SSSR count). The number of benzene rings is 3. The average molecular weight is 372 g/mol. The van der Waals surface area contributed by atoms with E-state index in [1.807, 2.05) is 6.07 Å². The van der Waals surface area contributed by atoms with Crippen molar-refractivity contribution in [2.24, 2.45) is 0 Å². The summed E-state index contributed by atoms with van der Waals surface area (Å²) < 4.78 is -0.140. The van der Waals surface area contributed by atoms with Crippen LogP contribution in [0.15, 0.2) is 91.0 Å². The van der Waals surface area contributed by atoms with Crippen molar-refractivity contribution in [2.45, 2.75) is 44.2 Å². The Balaban J connectivity index is 1.81. The first-order valence-electron chi connectivity index (χ1n) is 10.3. The van der Waals surface area contributed by atoms with Crippen LogP contribution < -0.4 is 0 Å². The van der Waals surface area contributed by atoms with Gasteiger partial charge >= 0.3 is 0 Å². The number of hydroxylamine groups is 3. The summed E-state index contributed by atoms with van der Waals surface area (Å²) in [5.74, 6) is 0. The fourth-order valence-electron chi connectivity index (χ4n) is 4.99. The first kappa shape index (κ1) is 18.9. The molecular weight excluding hydrogens is 342 g/mol. The topological polar surface area (TPSA) is 23.1 Å². The van der Waals surface area contributed by atoms with E-state index in [-0.39, 0.29) is 22.1 Å². The number of rotatable bonds is 5. The molecule has 3 aromatic carbocycles. The van der Waals surface area contributed by atoms with Crippen molar-refractivity contribution in [2.75, 3.05) is 6.54 Å². The fourth-order valence-corrected chi connectivity index (χ4v) is 4.99. The molecule has 0 bridgehead atoms. The molecule has 1 aliphatic rings. The van der Waals surface area contributed by atoms with Crippen LogP contribution >= 0.6 is 0 Å². The van der Waals surface area contributed by atoms with E-state index in [9.17, 15) is 5.21 Å². The highest BCUT2D eigenvalue weighted by molar-refractivity contribution is 5.41. The van der Waals surface area contributed by atoms with Crippen molar-refractivity contribution in [3.8, 4) is 0 Å². The van der Waals surface area contributed by atoms with Gasteiger partial charge in [-0.05, 0) is 30.5 Å². The second-order valence-electron chi connectivity index (χ2n) is 8.47. The molecule has 0 saturated carbocycles. The third kappa shape index (κ3) is 3.28. The molecule has 0 spiro atoms. The maximum atomic E-state index is 14.2. The minimum atomic E-state index is -0.242. The highest BCUT2D eigenvalue weighted by atomic mass is 16.6. The van der Waals surface area contributed by atoms with Gasteiger partial charge in [0.15, 0.2) is 0 Å². The average Bonchev–Trinajstić information content (AvgIpc) is 3.05. The van der Waals surface area contributed by atoms with E-state index < -0.39 is 0 Å². The Labute approximate surface area is 168 Å². The largest absolute Gasteiger partial charge is 0.632 e. The molecule has 0 amide bonds. The van der Waals surface area contributed by atoms with Crippen molar-refractivity contribution < 1.29 is 4.65 Å². The van der Waals surface area contributed by atoms with Gasteiger partial charge in [0.2, 0.25) is 0 Å². The Morgan fingerprint density at radius 1 is 0.821 bits per heavy atom. The summed E-state index contributed by atoms with van der Waals surface area (Å²) in [5.41, 5.74) is 3.53. The molecule has 3 aromatic rings. The Hall–Kier alpha value is -2.42. The van der Waals surface area contributed by atoms with Gasteiger partial charge in [0.25, 0.3) is 0 Å². The van der Waals surface area contributed by atoms with E-state index in [0.29, 0.717) is 6.54 Å². The minimum absolute atomic E-state index is 0.0306. The van der Waals surface area contributed by atoms with Crippen LogP contribution in [0.5, 0.6) is 0 Å². The molecule has 1 saturated heterocycles. The number of hydrogen-bond acceptors (Lipinski definition) is 1. The first-order chi connectivity index (χ1) is 13.5. The van der Waals surface area contributed by atoms with Crippen LogP contribution in [0.25, 0.3) is 0 Å². The molecule has 2 heteroatoms. The monoisotopic (exact) mass is 371 g/mol. The summed E-state index contributed by atoms with van der Waals surface area (Å²) >= 11 is 0. The van der Waals surface area contributed by atoms with Crippen LogP contribution in [0, 0.1) is 5.21 Å².